The van der Waals surface area contributed by atoms with E-state index in [1.165, 1.54) is 6.07 Å². The zero-order valence-electron chi connectivity index (χ0n) is 17.6. The first-order valence-electron chi connectivity index (χ1n) is 10.5. The number of hydrogen-bond donors (Lipinski definition) is 1. The molecule has 2 aliphatic rings. The molecule has 32 heavy (non-hydrogen) atoms. The molecule has 0 unspecified atom stereocenters. The minimum Gasteiger partial charge on any atom is -0.502 e. The molecule has 0 saturated heterocycles. The average molecular weight is 429 g/mol. The molecule has 7 nitrogen and oxygen atoms in total. The summed E-state index contributed by atoms with van der Waals surface area (Å²) >= 11 is 0. The fourth-order valence-corrected chi connectivity index (χ4v) is 4.35. The summed E-state index contributed by atoms with van der Waals surface area (Å²) in [6.07, 6.45) is 5.33. The minimum absolute atomic E-state index is 0.0393. The number of carbonyl (C=O) groups is 1. The monoisotopic (exact) mass is 429 g/mol. The number of hydrogen-bond acceptors (Lipinski definition) is 5. The third kappa shape index (κ3) is 3.22. The number of ether oxygens (including phenoxy) is 1. The van der Waals surface area contributed by atoms with Crippen LogP contribution >= 0.6 is 0 Å². The Kier molecular flexibility index (Phi) is 4.93. The SMILES string of the molecule is C[C@@H]1/C=C\COc2ccccc2[C@H](c2ccccc2)N2CN1C(=O)c1c(O)c(=O)ccn12. The summed E-state index contributed by atoms with van der Waals surface area (Å²) in [6.45, 7) is 2.53. The lowest BCUT2D eigenvalue weighted by Gasteiger charge is -2.45. The van der Waals surface area contributed by atoms with Gasteiger partial charge in [-0.05, 0) is 24.6 Å². The van der Waals surface area contributed by atoms with Crippen LogP contribution in [-0.4, -0.2) is 39.9 Å². The van der Waals surface area contributed by atoms with Crippen molar-refractivity contribution in [2.45, 2.75) is 19.0 Å². The van der Waals surface area contributed by atoms with Crippen LogP contribution in [0.2, 0.25) is 0 Å². The number of aromatic nitrogens is 1. The van der Waals surface area contributed by atoms with Gasteiger partial charge in [-0.1, -0.05) is 54.6 Å². The van der Waals surface area contributed by atoms with Crippen LogP contribution < -0.4 is 15.2 Å². The Morgan fingerprint density at radius 1 is 1.00 bits per heavy atom. The van der Waals surface area contributed by atoms with Crippen molar-refractivity contribution in [1.82, 2.24) is 9.58 Å². The maximum Gasteiger partial charge on any atom is 0.278 e. The Hall–Kier alpha value is -4.00. The number of benzene rings is 2. The number of pyridine rings is 1. The molecule has 0 fully saturated rings. The lowest BCUT2D eigenvalue weighted by atomic mass is 9.97. The summed E-state index contributed by atoms with van der Waals surface area (Å²) in [6, 6.07) is 18.4. The summed E-state index contributed by atoms with van der Waals surface area (Å²) in [5, 5.41) is 12.6. The highest BCUT2D eigenvalue weighted by atomic mass is 16.5. The molecule has 2 aromatic carbocycles. The van der Waals surface area contributed by atoms with Gasteiger partial charge in [0.25, 0.3) is 5.91 Å². The molecule has 0 spiro atoms. The van der Waals surface area contributed by atoms with Gasteiger partial charge in [0.05, 0.1) is 0 Å². The van der Waals surface area contributed by atoms with E-state index >= 15 is 0 Å². The highest BCUT2D eigenvalue weighted by molar-refractivity contribution is 5.96. The Bertz CT molecular complexity index is 1250. The number of aromatic hydroxyl groups is 1. The van der Waals surface area contributed by atoms with Crippen molar-refractivity contribution in [3.05, 3.63) is 106 Å². The van der Waals surface area contributed by atoms with E-state index in [-0.39, 0.29) is 24.4 Å². The molecule has 1 amide bonds. The van der Waals surface area contributed by atoms with E-state index in [1.807, 2.05) is 78.7 Å². The van der Waals surface area contributed by atoms with Gasteiger partial charge >= 0.3 is 0 Å². The molecule has 1 N–H and O–H groups in total. The molecule has 5 rings (SSSR count). The predicted octanol–water partition coefficient (Wildman–Crippen LogP) is 3.03. The molecule has 2 aliphatic heterocycles. The van der Waals surface area contributed by atoms with Crippen LogP contribution in [0.25, 0.3) is 0 Å². The first kappa shape index (κ1) is 19.9. The molecule has 0 radical (unpaired) electrons. The lowest BCUT2D eigenvalue weighted by Crippen LogP contribution is -2.57. The summed E-state index contributed by atoms with van der Waals surface area (Å²) in [4.78, 5) is 27.2. The van der Waals surface area contributed by atoms with E-state index < -0.39 is 17.1 Å². The number of amides is 1. The predicted molar refractivity (Wildman–Crippen MR) is 120 cm³/mol. The largest absolute Gasteiger partial charge is 0.502 e. The van der Waals surface area contributed by atoms with E-state index in [4.69, 9.17) is 4.74 Å². The molecular weight excluding hydrogens is 406 g/mol. The van der Waals surface area contributed by atoms with E-state index in [1.54, 1.807) is 15.8 Å². The fourth-order valence-electron chi connectivity index (χ4n) is 4.35. The van der Waals surface area contributed by atoms with Gasteiger partial charge in [0, 0.05) is 23.9 Å². The van der Waals surface area contributed by atoms with Crippen molar-refractivity contribution in [3.8, 4) is 11.5 Å². The van der Waals surface area contributed by atoms with Crippen LogP contribution in [0.4, 0.5) is 0 Å². The van der Waals surface area contributed by atoms with Crippen molar-refractivity contribution in [2.75, 3.05) is 18.3 Å². The van der Waals surface area contributed by atoms with Crippen LogP contribution in [0.1, 0.15) is 34.6 Å². The van der Waals surface area contributed by atoms with Gasteiger partial charge in [-0.2, -0.15) is 0 Å². The molecule has 162 valence electrons. The van der Waals surface area contributed by atoms with Gasteiger partial charge in [0.15, 0.2) is 11.4 Å². The van der Waals surface area contributed by atoms with E-state index in [0.717, 1.165) is 16.9 Å². The van der Waals surface area contributed by atoms with E-state index in [2.05, 4.69) is 0 Å². The quantitative estimate of drug-likeness (QED) is 0.602. The average Bonchev–Trinajstić information content (AvgIpc) is 2.83. The normalized spacial score (nSPS) is 21.1. The van der Waals surface area contributed by atoms with Gasteiger partial charge in [-0.15, -0.1) is 0 Å². The molecule has 0 aliphatic carbocycles. The zero-order valence-corrected chi connectivity index (χ0v) is 17.6. The van der Waals surface area contributed by atoms with Crippen molar-refractivity contribution in [2.24, 2.45) is 0 Å². The second-order valence-electron chi connectivity index (χ2n) is 7.91. The summed E-state index contributed by atoms with van der Waals surface area (Å²) in [5.41, 5.74) is 1.28. The van der Waals surface area contributed by atoms with Crippen LogP contribution in [0.5, 0.6) is 11.5 Å². The van der Waals surface area contributed by atoms with Crippen LogP contribution in [0.15, 0.2) is 83.8 Å². The second-order valence-corrected chi connectivity index (χ2v) is 7.91. The van der Waals surface area contributed by atoms with Gasteiger partial charge in [-0.3, -0.25) is 19.3 Å². The van der Waals surface area contributed by atoms with E-state index in [0.29, 0.717) is 6.61 Å². The van der Waals surface area contributed by atoms with Crippen molar-refractivity contribution in [3.63, 3.8) is 0 Å². The number of fused-ring (bicyclic) bond motifs is 5. The summed E-state index contributed by atoms with van der Waals surface area (Å²) in [5.74, 6) is -0.209. The standard InChI is InChI=1S/C25H23N3O4/c1-17-8-7-15-32-21-12-6-5-11-19(21)22(18-9-3-2-4-10-18)28-16-26(17)25(31)23-24(30)20(29)13-14-27(23)28/h2-14,17,22,30H,15-16H2,1H3/b8-7-/t17-,22+/m1/s1. The lowest BCUT2D eigenvalue weighted by molar-refractivity contribution is 0.0643. The number of nitrogens with zero attached hydrogens (tertiary/aromatic N) is 3. The molecule has 7 heteroatoms. The topological polar surface area (TPSA) is 75.0 Å². The molecule has 1 aromatic heterocycles. The Morgan fingerprint density at radius 2 is 1.75 bits per heavy atom. The number of rotatable bonds is 1. The van der Waals surface area contributed by atoms with Crippen molar-refractivity contribution < 1.29 is 14.6 Å². The Balaban J connectivity index is 1.81. The molecule has 2 bridgehead atoms. The van der Waals surface area contributed by atoms with Gasteiger partial charge < -0.3 is 14.7 Å². The first-order valence-corrected chi connectivity index (χ1v) is 10.5. The Labute approximate surface area is 185 Å². The number of carbonyl (C=O) groups excluding carboxylic acids is 1. The maximum atomic E-state index is 13.4. The van der Waals surface area contributed by atoms with Gasteiger partial charge in [0.2, 0.25) is 5.43 Å². The van der Waals surface area contributed by atoms with Crippen LogP contribution in [0, 0.1) is 0 Å². The minimum atomic E-state index is -0.584. The van der Waals surface area contributed by atoms with Crippen molar-refractivity contribution >= 4 is 5.91 Å². The van der Waals surface area contributed by atoms with Crippen LogP contribution in [0.3, 0.4) is 0 Å². The summed E-state index contributed by atoms with van der Waals surface area (Å²) in [7, 11) is 0. The molecule has 0 saturated carbocycles. The highest BCUT2D eigenvalue weighted by Crippen LogP contribution is 2.37. The first-order chi connectivity index (χ1) is 15.6. The van der Waals surface area contributed by atoms with E-state index in [9.17, 15) is 14.7 Å². The van der Waals surface area contributed by atoms with Crippen LogP contribution in [-0.2, 0) is 0 Å². The third-order valence-electron chi connectivity index (χ3n) is 5.96. The second kappa shape index (κ2) is 7.92. The number of para-hydroxylation sites is 1. The third-order valence-corrected chi connectivity index (χ3v) is 5.96. The highest BCUT2D eigenvalue weighted by Gasteiger charge is 2.38. The van der Waals surface area contributed by atoms with Gasteiger partial charge in [0.1, 0.15) is 25.1 Å². The molecule has 3 aromatic rings. The molecule has 3 heterocycles. The molecular formula is C25H23N3O4. The van der Waals surface area contributed by atoms with Gasteiger partial charge in [-0.25, -0.2) is 0 Å². The fraction of sp³-hybridized carbons (Fsp3) is 0.200. The smallest absolute Gasteiger partial charge is 0.278 e. The van der Waals surface area contributed by atoms with Crippen molar-refractivity contribution in [1.29, 1.82) is 0 Å². The Morgan fingerprint density at radius 3 is 2.56 bits per heavy atom. The maximum absolute atomic E-state index is 13.4. The summed E-state index contributed by atoms with van der Waals surface area (Å²) < 4.78 is 7.70. The zero-order chi connectivity index (χ0) is 22.2. The molecule has 2 atom stereocenters.